The second-order valence-electron chi connectivity index (χ2n) is 6.94. The average molecular weight is 381 g/mol. The van der Waals surface area contributed by atoms with Crippen molar-refractivity contribution in [1.82, 2.24) is 4.98 Å². The molecule has 3 heteroatoms. The second kappa shape index (κ2) is 8.63. The van der Waals surface area contributed by atoms with Gasteiger partial charge in [-0.2, -0.15) is 0 Å². The van der Waals surface area contributed by atoms with Crippen molar-refractivity contribution >= 4 is 22.8 Å². The Hall–Kier alpha value is -3.56. The number of aromatic nitrogens is 1. The summed E-state index contributed by atoms with van der Waals surface area (Å²) in [5.74, 6) is -0.0322. The summed E-state index contributed by atoms with van der Waals surface area (Å²) < 4.78 is 0. The number of carbonyl (C=O) groups excluding carboxylic acids is 1. The van der Waals surface area contributed by atoms with Crippen molar-refractivity contribution in [2.45, 2.75) is 13.8 Å². The lowest BCUT2D eigenvalue weighted by Crippen LogP contribution is -2.05. The molecule has 29 heavy (non-hydrogen) atoms. The van der Waals surface area contributed by atoms with E-state index in [0.717, 1.165) is 33.3 Å². The summed E-state index contributed by atoms with van der Waals surface area (Å²) >= 11 is 0. The first-order valence-electron chi connectivity index (χ1n) is 9.37. The number of rotatable bonds is 4. The van der Waals surface area contributed by atoms with E-state index in [1.165, 1.54) is 5.56 Å². The number of hydrogen-bond acceptors (Lipinski definition) is 2. The van der Waals surface area contributed by atoms with E-state index in [1.807, 2.05) is 91.9 Å². The molecule has 3 nitrogen and oxygen atoms in total. The Morgan fingerprint density at radius 2 is 1.48 bits per heavy atom. The van der Waals surface area contributed by atoms with Crippen molar-refractivity contribution in [2.75, 3.05) is 0 Å². The molecule has 0 fully saturated rings. The van der Waals surface area contributed by atoms with Crippen LogP contribution in [-0.4, -0.2) is 16.2 Å². The zero-order valence-corrected chi connectivity index (χ0v) is 16.5. The SMILES string of the molecule is Cc1ccc(/C=C/C(=O)c2c(C)nc3ccccc3c2-c2ccccc2)cc1.O. The maximum atomic E-state index is 13.2. The van der Waals surface area contributed by atoms with Gasteiger partial charge in [-0.1, -0.05) is 84.4 Å². The van der Waals surface area contributed by atoms with Crippen molar-refractivity contribution in [3.05, 3.63) is 107 Å². The van der Waals surface area contributed by atoms with E-state index >= 15 is 0 Å². The Morgan fingerprint density at radius 1 is 0.828 bits per heavy atom. The first-order valence-corrected chi connectivity index (χ1v) is 9.37. The normalized spacial score (nSPS) is 10.8. The van der Waals surface area contributed by atoms with Crippen LogP contribution >= 0.6 is 0 Å². The molecule has 4 aromatic rings. The fourth-order valence-electron chi connectivity index (χ4n) is 3.47. The quantitative estimate of drug-likeness (QED) is 0.342. The lowest BCUT2D eigenvalue weighted by Gasteiger charge is -2.14. The molecule has 2 N–H and O–H groups in total. The van der Waals surface area contributed by atoms with E-state index in [2.05, 4.69) is 6.92 Å². The number of nitrogens with zero attached hydrogens (tertiary/aromatic N) is 1. The van der Waals surface area contributed by atoms with Crippen LogP contribution in [0.15, 0.2) is 84.9 Å². The second-order valence-corrected chi connectivity index (χ2v) is 6.94. The number of aryl methyl sites for hydroxylation is 2. The van der Waals surface area contributed by atoms with Gasteiger partial charge in [-0.3, -0.25) is 9.78 Å². The predicted octanol–water partition coefficient (Wildman–Crippen LogP) is 5.59. The van der Waals surface area contributed by atoms with Crippen molar-refractivity contribution in [3.63, 3.8) is 0 Å². The van der Waals surface area contributed by atoms with Gasteiger partial charge in [0.25, 0.3) is 0 Å². The molecule has 4 rings (SSSR count). The first-order chi connectivity index (χ1) is 13.6. The van der Waals surface area contributed by atoms with E-state index < -0.39 is 0 Å². The smallest absolute Gasteiger partial charge is 0.188 e. The molecule has 0 unspecified atom stereocenters. The van der Waals surface area contributed by atoms with E-state index in [-0.39, 0.29) is 11.3 Å². The molecule has 1 aromatic heterocycles. The Morgan fingerprint density at radius 3 is 2.21 bits per heavy atom. The third-order valence-electron chi connectivity index (χ3n) is 4.89. The van der Waals surface area contributed by atoms with Gasteiger partial charge in [-0.15, -0.1) is 0 Å². The fourth-order valence-corrected chi connectivity index (χ4v) is 3.47. The molecular formula is C26H23NO2. The standard InChI is InChI=1S/C26H21NO.H2O/c1-18-12-14-20(15-13-18)16-17-24(28)25-19(2)27-23-11-7-6-10-22(23)26(25)21-8-4-3-5-9-21;/h3-17H,1-2H3;1H2/b17-16+;. The Kier molecular flexibility index (Phi) is 6.01. The Labute approximate surface area is 170 Å². The highest BCUT2D eigenvalue weighted by molar-refractivity contribution is 6.16. The van der Waals surface area contributed by atoms with Crippen LogP contribution in [0.5, 0.6) is 0 Å². The van der Waals surface area contributed by atoms with Crippen molar-refractivity contribution in [1.29, 1.82) is 0 Å². The fraction of sp³-hybridized carbons (Fsp3) is 0.0769. The molecule has 0 radical (unpaired) electrons. The summed E-state index contributed by atoms with van der Waals surface area (Å²) in [5, 5.41) is 0.992. The number of carbonyl (C=O) groups is 1. The van der Waals surface area contributed by atoms with Gasteiger partial charge in [0.2, 0.25) is 0 Å². The molecule has 144 valence electrons. The molecule has 0 aliphatic rings. The first kappa shape index (κ1) is 20.2. The number of allylic oxidation sites excluding steroid dienone is 1. The van der Waals surface area contributed by atoms with Gasteiger partial charge in [-0.25, -0.2) is 0 Å². The molecule has 0 aliphatic carbocycles. The summed E-state index contributed by atoms with van der Waals surface area (Å²) in [6.07, 6.45) is 3.51. The molecule has 3 aromatic carbocycles. The van der Waals surface area contributed by atoms with Crippen molar-refractivity contribution < 1.29 is 10.3 Å². The van der Waals surface area contributed by atoms with Crippen LogP contribution < -0.4 is 0 Å². The molecular weight excluding hydrogens is 358 g/mol. The molecule has 0 spiro atoms. The molecule has 0 bridgehead atoms. The zero-order valence-electron chi connectivity index (χ0n) is 16.5. The number of ketones is 1. The summed E-state index contributed by atoms with van der Waals surface area (Å²) in [6, 6.07) is 26.2. The number of pyridine rings is 1. The van der Waals surface area contributed by atoms with E-state index in [9.17, 15) is 4.79 Å². The van der Waals surface area contributed by atoms with Gasteiger partial charge in [-0.05, 0) is 37.1 Å². The van der Waals surface area contributed by atoms with Crippen LogP contribution in [-0.2, 0) is 0 Å². The predicted molar refractivity (Wildman–Crippen MR) is 120 cm³/mol. The van der Waals surface area contributed by atoms with Gasteiger partial charge in [0.05, 0.1) is 11.1 Å². The van der Waals surface area contributed by atoms with Gasteiger partial charge in [0, 0.05) is 16.6 Å². The van der Waals surface area contributed by atoms with Crippen LogP contribution in [0.25, 0.3) is 28.1 Å². The molecule has 0 aliphatic heterocycles. The van der Waals surface area contributed by atoms with Crippen LogP contribution in [0.4, 0.5) is 0 Å². The molecule has 1 heterocycles. The van der Waals surface area contributed by atoms with Gasteiger partial charge >= 0.3 is 0 Å². The third-order valence-corrected chi connectivity index (χ3v) is 4.89. The minimum Gasteiger partial charge on any atom is -0.412 e. The van der Waals surface area contributed by atoms with Crippen LogP contribution in [0.2, 0.25) is 0 Å². The summed E-state index contributed by atoms with van der Waals surface area (Å²) in [6.45, 7) is 3.96. The molecule has 0 saturated carbocycles. The van der Waals surface area contributed by atoms with Crippen LogP contribution in [0.1, 0.15) is 27.2 Å². The van der Waals surface area contributed by atoms with E-state index in [4.69, 9.17) is 4.98 Å². The van der Waals surface area contributed by atoms with Gasteiger partial charge in [0.15, 0.2) is 5.78 Å². The lowest BCUT2D eigenvalue weighted by molar-refractivity contribution is 0.104. The van der Waals surface area contributed by atoms with Crippen LogP contribution in [0.3, 0.4) is 0 Å². The number of benzene rings is 3. The monoisotopic (exact) mass is 381 g/mol. The third kappa shape index (κ3) is 4.15. The number of hydrogen-bond donors (Lipinski definition) is 0. The number of fused-ring (bicyclic) bond motifs is 1. The largest absolute Gasteiger partial charge is 0.412 e. The van der Waals surface area contributed by atoms with Crippen molar-refractivity contribution in [2.24, 2.45) is 0 Å². The Bertz CT molecular complexity index is 1180. The maximum absolute atomic E-state index is 13.2. The molecule has 0 saturated heterocycles. The van der Waals surface area contributed by atoms with Crippen molar-refractivity contribution in [3.8, 4) is 11.1 Å². The average Bonchev–Trinajstić information content (AvgIpc) is 2.72. The summed E-state index contributed by atoms with van der Waals surface area (Å²) in [4.78, 5) is 17.9. The molecule has 0 atom stereocenters. The van der Waals surface area contributed by atoms with Gasteiger partial charge in [0.1, 0.15) is 0 Å². The van der Waals surface area contributed by atoms with E-state index in [0.29, 0.717) is 5.56 Å². The van der Waals surface area contributed by atoms with Gasteiger partial charge < -0.3 is 5.48 Å². The maximum Gasteiger partial charge on any atom is 0.188 e. The molecule has 0 amide bonds. The highest BCUT2D eigenvalue weighted by atomic mass is 16.1. The zero-order chi connectivity index (χ0) is 19.5. The minimum absolute atomic E-state index is 0. The summed E-state index contributed by atoms with van der Waals surface area (Å²) in [5.41, 5.74) is 6.48. The minimum atomic E-state index is -0.0322. The van der Waals surface area contributed by atoms with Crippen LogP contribution in [0, 0.1) is 13.8 Å². The highest BCUT2D eigenvalue weighted by Crippen LogP contribution is 2.33. The highest BCUT2D eigenvalue weighted by Gasteiger charge is 2.18. The summed E-state index contributed by atoms with van der Waals surface area (Å²) in [7, 11) is 0. The van der Waals surface area contributed by atoms with E-state index in [1.54, 1.807) is 6.08 Å². The lowest BCUT2D eigenvalue weighted by atomic mass is 9.92. The Balaban J connectivity index is 0.00000240. The number of para-hydroxylation sites is 1. The topological polar surface area (TPSA) is 61.5 Å².